The van der Waals surface area contributed by atoms with Crippen LogP contribution < -0.4 is 5.32 Å². The lowest BCUT2D eigenvalue weighted by Gasteiger charge is -2.06. The highest BCUT2D eigenvalue weighted by molar-refractivity contribution is 7.99. The summed E-state index contributed by atoms with van der Waals surface area (Å²) in [6.45, 7) is 4.98. The first-order valence-corrected chi connectivity index (χ1v) is 9.94. The minimum atomic E-state index is -0.102. The van der Waals surface area contributed by atoms with Gasteiger partial charge in [-0.1, -0.05) is 36.9 Å². The molecule has 0 saturated heterocycles. The lowest BCUT2D eigenvalue weighted by Crippen LogP contribution is -2.13. The molecule has 0 radical (unpaired) electrons. The van der Waals surface area contributed by atoms with Gasteiger partial charge in [0, 0.05) is 40.5 Å². The molecule has 0 spiro atoms. The first-order valence-electron chi connectivity index (χ1n) is 8.95. The Kier molecular flexibility index (Phi) is 4.85. The van der Waals surface area contributed by atoms with Crippen LogP contribution >= 0.6 is 11.8 Å². The summed E-state index contributed by atoms with van der Waals surface area (Å²) in [7, 11) is 0. The number of carbonyl (C=O) groups excluding carboxylic acids is 1. The Morgan fingerprint density at radius 1 is 1.11 bits per heavy atom. The van der Waals surface area contributed by atoms with E-state index in [1.165, 1.54) is 28.2 Å². The largest absolute Gasteiger partial charge is 0.416 e. The molecule has 0 unspecified atom stereocenters. The number of fused-ring (bicyclic) bond motifs is 3. The van der Waals surface area contributed by atoms with Crippen LogP contribution in [0.25, 0.3) is 21.8 Å². The Hall–Kier alpha value is -2.80. The molecule has 27 heavy (non-hydrogen) atoms. The quantitative estimate of drug-likeness (QED) is 0.499. The van der Waals surface area contributed by atoms with Crippen molar-refractivity contribution in [1.82, 2.24) is 14.8 Å². The highest BCUT2D eigenvalue weighted by Gasteiger charge is 2.12. The van der Waals surface area contributed by atoms with Crippen LogP contribution in [0.2, 0.25) is 0 Å². The third-order valence-electron chi connectivity index (χ3n) is 4.45. The summed E-state index contributed by atoms with van der Waals surface area (Å²) in [6.07, 6.45) is 0.686. The first kappa shape index (κ1) is 17.6. The van der Waals surface area contributed by atoms with E-state index in [9.17, 15) is 4.79 Å². The standard InChI is InChI=1S/C20H20N4O2S/c1-3-19-22-23-20(26-19)27-12-18(25)21-13-9-10-17-15(11-13)14-7-5-6-8-16(14)24(17)4-2/h5-11H,3-4,12H2,1-2H3,(H,21,25). The van der Waals surface area contributed by atoms with Gasteiger partial charge in [0.2, 0.25) is 11.8 Å². The van der Waals surface area contributed by atoms with E-state index in [1.54, 1.807) is 0 Å². The molecule has 2 aromatic carbocycles. The van der Waals surface area contributed by atoms with E-state index >= 15 is 0 Å². The second-order valence-corrected chi connectivity index (χ2v) is 7.07. The van der Waals surface area contributed by atoms with E-state index in [0.717, 1.165) is 17.6 Å². The number of nitrogens with zero attached hydrogens (tertiary/aromatic N) is 3. The average Bonchev–Trinajstić information content (AvgIpc) is 3.28. The Balaban J connectivity index is 1.53. The number of para-hydroxylation sites is 1. The minimum absolute atomic E-state index is 0.102. The smallest absolute Gasteiger partial charge is 0.277 e. The Morgan fingerprint density at radius 2 is 1.93 bits per heavy atom. The third kappa shape index (κ3) is 3.42. The lowest BCUT2D eigenvalue weighted by molar-refractivity contribution is -0.113. The summed E-state index contributed by atoms with van der Waals surface area (Å²) in [5.41, 5.74) is 3.16. The summed E-state index contributed by atoms with van der Waals surface area (Å²) in [5, 5.41) is 13.5. The van der Waals surface area contributed by atoms with Crippen LogP contribution in [0.4, 0.5) is 5.69 Å². The van der Waals surface area contributed by atoms with Gasteiger partial charge in [0.05, 0.1) is 5.75 Å². The van der Waals surface area contributed by atoms with Crippen LogP contribution in [0.3, 0.4) is 0 Å². The van der Waals surface area contributed by atoms with Gasteiger partial charge in [-0.25, -0.2) is 0 Å². The van der Waals surface area contributed by atoms with Gasteiger partial charge in [-0.2, -0.15) is 0 Å². The fourth-order valence-electron chi connectivity index (χ4n) is 3.24. The molecule has 2 heterocycles. The molecule has 4 rings (SSSR count). The van der Waals surface area contributed by atoms with Crippen molar-refractivity contribution in [2.45, 2.75) is 32.0 Å². The van der Waals surface area contributed by atoms with Crippen molar-refractivity contribution in [3.63, 3.8) is 0 Å². The molecule has 0 bridgehead atoms. The number of anilines is 1. The summed E-state index contributed by atoms with van der Waals surface area (Å²) in [6, 6.07) is 14.4. The highest BCUT2D eigenvalue weighted by atomic mass is 32.2. The van der Waals surface area contributed by atoms with Crippen LogP contribution in [-0.2, 0) is 17.8 Å². The van der Waals surface area contributed by atoms with Crippen LogP contribution in [0, 0.1) is 0 Å². The number of hydrogen-bond donors (Lipinski definition) is 1. The van der Waals surface area contributed by atoms with Crippen molar-refractivity contribution < 1.29 is 9.21 Å². The average molecular weight is 380 g/mol. The molecule has 0 aliphatic rings. The van der Waals surface area contributed by atoms with Crippen molar-refractivity contribution in [1.29, 1.82) is 0 Å². The van der Waals surface area contributed by atoms with Gasteiger partial charge in [0.25, 0.3) is 5.22 Å². The maximum absolute atomic E-state index is 12.3. The molecule has 0 aliphatic heterocycles. The zero-order valence-electron chi connectivity index (χ0n) is 15.2. The van der Waals surface area contributed by atoms with Crippen molar-refractivity contribution in [2.24, 2.45) is 0 Å². The van der Waals surface area contributed by atoms with Gasteiger partial charge in [-0.3, -0.25) is 4.79 Å². The summed E-state index contributed by atoms with van der Waals surface area (Å²) in [5.74, 6) is 0.700. The zero-order valence-corrected chi connectivity index (χ0v) is 16.0. The third-order valence-corrected chi connectivity index (χ3v) is 5.27. The van der Waals surface area contributed by atoms with E-state index in [4.69, 9.17) is 4.42 Å². The molecule has 0 aliphatic carbocycles. The Labute approximate surface area is 160 Å². The van der Waals surface area contributed by atoms with Gasteiger partial charge >= 0.3 is 0 Å². The van der Waals surface area contributed by atoms with Crippen LogP contribution in [0.5, 0.6) is 0 Å². The topological polar surface area (TPSA) is 73.0 Å². The van der Waals surface area contributed by atoms with Gasteiger partial charge in [0.15, 0.2) is 0 Å². The van der Waals surface area contributed by atoms with E-state index in [0.29, 0.717) is 17.5 Å². The number of rotatable bonds is 6. The molecule has 7 heteroatoms. The number of amides is 1. The van der Waals surface area contributed by atoms with E-state index in [2.05, 4.69) is 51.3 Å². The van der Waals surface area contributed by atoms with Crippen LogP contribution in [-0.4, -0.2) is 26.4 Å². The number of aryl methyl sites for hydroxylation is 2. The van der Waals surface area contributed by atoms with Gasteiger partial charge < -0.3 is 14.3 Å². The maximum atomic E-state index is 12.3. The van der Waals surface area contributed by atoms with Gasteiger partial charge in [-0.05, 0) is 31.2 Å². The second-order valence-electron chi connectivity index (χ2n) is 6.15. The van der Waals surface area contributed by atoms with Gasteiger partial charge in [0.1, 0.15) is 0 Å². The minimum Gasteiger partial charge on any atom is -0.416 e. The van der Waals surface area contributed by atoms with E-state index < -0.39 is 0 Å². The predicted octanol–water partition coefficient (Wildman–Crippen LogP) is 4.49. The summed E-state index contributed by atoms with van der Waals surface area (Å²) in [4.78, 5) is 12.3. The molecule has 2 aromatic heterocycles. The van der Waals surface area contributed by atoms with Crippen molar-refractivity contribution in [3.05, 3.63) is 48.4 Å². The van der Waals surface area contributed by atoms with E-state index in [-0.39, 0.29) is 11.7 Å². The molecule has 0 fully saturated rings. The fourth-order valence-corrected chi connectivity index (χ4v) is 3.82. The number of hydrogen-bond acceptors (Lipinski definition) is 5. The molecule has 0 saturated carbocycles. The SMILES string of the molecule is CCc1nnc(SCC(=O)Nc2ccc3c(c2)c2ccccc2n3CC)o1. The molecule has 6 nitrogen and oxygen atoms in total. The monoisotopic (exact) mass is 380 g/mol. The van der Waals surface area contributed by atoms with Crippen molar-refractivity contribution >= 4 is 45.2 Å². The molecular formula is C20H20N4O2S. The molecule has 1 amide bonds. The van der Waals surface area contributed by atoms with Crippen molar-refractivity contribution in [3.8, 4) is 0 Å². The first-order chi connectivity index (χ1) is 13.2. The number of aromatic nitrogens is 3. The lowest BCUT2D eigenvalue weighted by atomic mass is 10.1. The van der Waals surface area contributed by atoms with Gasteiger partial charge in [-0.15, -0.1) is 10.2 Å². The summed E-state index contributed by atoms with van der Waals surface area (Å²) >= 11 is 1.24. The molecule has 1 N–H and O–H groups in total. The molecular weight excluding hydrogens is 360 g/mol. The second kappa shape index (κ2) is 7.44. The maximum Gasteiger partial charge on any atom is 0.277 e. The number of benzene rings is 2. The van der Waals surface area contributed by atoms with Crippen LogP contribution in [0.15, 0.2) is 52.1 Å². The molecule has 0 atom stereocenters. The predicted molar refractivity (Wildman–Crippen MR) is 108 cm³/mol. The summed E-state index contributed by atoms with van der Waals surface area (Å²) < 4.78 is 7.70. The van der Waals surface area contributed by atoms with Crippen molar-refractivity contribution in [2.75, 3.05) is 11.1 Å². The Bertz CT molecular complexity index is 1120. The number of carbonyl (C=O) groups is 1. The Morgan fingerprint density at radius 3 is 2.70 bits per heavy atom. The zero-order chi connectivity index (χ0) is 18.8. The molecule has 138 valence electrons. The van der Waals surface area contributed by atoms with Crippen LogP contribution in [0.1, 0.15) is 19.7 Å². The molecule has 4 aromatic rings. The number of nitrogens with one attached hydrogen (secondary N) is 1. The normalized spacial score (nSPS) is 11.3. The number of thioether (sulfide) groups is 1. The fraction of sp³-hybridized carbons (Fsp3) is 0.250. The van der Waals surface area contributed by atoms with E-state index in [1.807, 2.05) is 25.1 Å². The highest BCUT2D eigenvalue weighted by Crippen LogP contribution is 2.31.